The third-order valence-corrected chi connectivity index (χ3v) is 2.57. The number of aliphatic hydroxyl groups is 1. The van der Waals surface area contributed by atoms with Gasteiger partial charge in [-0.3, -0.25) is 4.68 Å². The Bertz CT molecular complexity index is 286. The first-order valence-corrected chi connectivity index (χ1v) is 4.70. The summed E-state index contributed by atoms with van der Waals surface area (Å²) in [6.45, 7) is 2.32. The van der Waals surface area contributed by atoms with E-state index in [1.165, 1.54) is 11.3 Å². The summed E-state index contributed by atoms with van der Waals surface area (Å²) in [5.74, 6) is 0. The lowest BCUT2D eigenvalue weighted by molar-refractivity contribution is 0.265. The van der Waals surface area contributed by atoms with Gasteiger partial charge in [0.05, 0.1) is 19.3 Å². The Hall–Kier alpha value is -0.580. The molecule has 0 saturated carbocycles. The van der Waals surface area contributed by atoms with Crippen LogP contribution in [-0.4, -0.2) is 32.5 Å². The molecule has 72 valence electrons. The predicted octanol–water partition coefficient (Wildman–Crippen LogP) is 0.387. The Labute approximate surface area is 81.8 Å². The minimum Gasteiger partial charge on any atom is -0.394 e. The Kier molecular flexibility index (Phi) is 2.53. The summed E-state index contributed by atoms with van der Waals surface area (Å²) in [4.78, 5) is 0. The van der Waals surface area contributed by atoms with Crippen molar-refractivity contribution in [2.24, 2.45) is 0 Å². The fraction of sp³-hybridized carbons (Fsp3) is 0.625. The molecule has 1 N–H and O–H groups in total. The van der Waals surface area contributed by atoms with Gasteiger partial charge in [-0.1, -0.05) is 0 Å². The van der Waals surface area contributed by atoms with Crippen LogP contribution in [0.5, 0.6) is 0 Å². The number of halogens is 1. The van der Waals surface area contributed by atoms with E-state index in [0.29, 0.717) is 6.54 Å². The Morgan fingerprint density at radius 1 is 1.62 bits per heavy atom. The van der Waals surface area contributed by atoms with Crippen molar-refractivity contribution in [3.63, 3.8) is 0 Å². The average molecular weight is 202 g/mol. The molecule has 0 atom stereocenters. The first-order valence-electron chi connectivity index (χ1n) is 4.36. The number of rotatable bonds is 2. The van der Waals surface area contributed by atoms with E-state index >= 15 is 0 Å². The van der Waals surface area contributed by atoms with Crippen molar-refractivity contribution in [3.05, 3.63) is 17.5 Å². The molecule has 2 rings (SSSR count). The van der Waals surface area contributed by atoms with Crippen LogP contribution >= 0.6 is 11.8 Å². The number of hydrogen-bond acceptors (Lipinski definition) is 3. The second-order valence-corrected chi connectivity index (χ2v) is 3.64. The van der Waals surface area contributed by atoms with E-state index in [2.05, 4.69) is 5.10 Å². The molecule has 0 aliphatic carbocycles. The lowest BCUT2D eigenvalue weighted by atomic mass is 10.1. The zero-order valence-corrected chi connectivity index (χ0v) is 8.04. The number of fused-ring (bicyclic) bond motifs is 1. The van der Waals surface area contributed by atoms with Gasteiger partial charge in [-0.25, -0.2) is 4.42 Å². The minimum absolute atomic E-state index is 0.138. The molecule has 2 heterocycles. The molecule has 0 saturated heterocycles. The van der Waals surface area contributed by atoms with E-state index < -0.39 is 0 Å². The molecule has 0 spiro atoms. The highest BCUT2D eigenvalue weighted by molar-refractivity contribution is 6.13. The number of hydrogen-bond donors (Lipinski definition) is 1. The number of aliphatic hydroxyl groups excluding tert-OH is 1. The lowest BCUT2D eigenvalue weighted by Crippen LogP contribution is -2.23. The van der Waals surface area contributed by atoms with Crippen molar-refractivity contribution >= 4 is 11.8 Å². The maximum Gasteiger partial charge on any atom is 0.0644 e. The lowest BCUT2D eigenvalue weighted by Gasteiger charge is -2.20. The molecule has 4 nitrogen and oxygen atoms in total. The molecule has 0 bridgehead atoms. The number of aromatic nitrogens is 2. The van der Waals surface area contributed by atoms with Gasteiger partial charge in [0.1, 0.15) is 0 Å². The summed E-state index contributed by atoms with van der Waals surface area (Å²) in [6.07, 6.45) is 2.75. The monoisotopic (exact) mass is 201 g/mol. The van der Waals surface area contributed by atoms with Gasteiger partial charge in [0, 0.05) is 30.8 Å². The summed E-state index contributed by atoms with van der Waals surface area (Å²) < 4.78 is 3.62. The highest BCUT2D eigenvalue weighted by atomic mass is 35.5. The van der Waals surface area contributed by atoms with Crippen LogP contribution in [0.15, 0.2) is 6.20 Å². The van der Waals surface area contributed by atoms with Crippen LogP contribution in [0.2, 0.25) is 0 Å². The van der Waals surface area contributed by atoms with Crippen molar-refractivity contribution < 1.29 is 5.11 Å². The van der Waals surface area contributed by atoms with Gasteiger partial charge < -0.3 is 5.11 Å². The van der Waals surface area contributed by atoms with Gasteiger partial charge in [0.15, 0.2) is 0 Å². The maximum absolute atomic E-state index is 8.79. The summed E-state index contributed by atoms with van der Waals surface area (Å²) in [5, 5.41) is 13.0. The third-order valence-electron chi connectivity index (χ3n) is 2.28. The highest BCUT2D eigenvalue weighted by Gasteiger charge is 2.18. The largest absolute Gasteiger partial charge is 0.394 e. The molecule has 0 amide bonds. The van der Waals surface area contributed by atoms with E-state index in [0.717, 1.165) is 19.5 Å². The molecule has 0 aromatic carbocycles. The first-order chi connectivity index (χ1) is 6.31. The molecule has 13 heavy (non-hydrogen) atoms. The van der Waals surface area contributed by atoms with Gasteiger partial charge in [0.25, 0.3) is 0 Å². The summed E-state index contributed by atoms with van der Waals surface area (Å²) in [7, 11) is 0. The smallest absolute Gasteiger partial charge is 0.0644 e. The van der Waals surface area contributed by atoms with Gasteiger partial charge in [-0.15, -0.1) is 0 Å². The van der Waals surface area contributed by atoms with E-state index in [1.54, 1.807) is 4.42 Å². The van der Waals surface area contributed by atoms with E-state index in [4.69, 9.17) is 16.9 Å². The molecule has 5 heteroatoms. The summed E-state index contributed by atoms with van der Waals surface area (Å²) >= 11 is 5.88. The molecule has 0 unspecified atom stereocenters. The van der Waals surface area contributed by atoms with E-state index in [1.807, 2.05) is 10.9 Å². The van der Waals surface area contributed by atoms with Gasteiger partial charge in [0.2, 0.25) is 0 Å². The van der Waals surface area contributed by atoms with Gasteiger partial charge >= 0.3 is 0 Å². The Balaban J connectivity index is 2.23. The second kappa shape index (κ2) is 3.65. The normalized spacial score (nSPS) is 17.4. The summed E-state index contributed by atoms with van der Waals surface area (Å²) in [6, 6.07) is 0. The standard InChI is InChI=1S/C8H12ClN3O/c9-11-2-1-8-7(6-11)5-10-12(8)3-4-13/h5,13H,1-4,6H2. The quantitative estimate of drug-likeness (QED) is 0.704. The zero-order valence-electron chi connectivity index (χ0n) is 7.28. The molecular weight excluding hydrogens is 190 g/mol. The van der Waals surface area contributed by atoms with Crippen LogP contribution < -0.4 is 0 Å². The zero-order chi connectivity index (χ0) is 9.26. The van der Waals surface area contributed by atoms with Crippen molar-refractivity contribution in [1.82, 2.24) is 14.2 Å². The van der Waals surface area contributed by atoms with E-state index in [-0.39, 0.29) is 6.61 Å². The van der Waals surface area contributed by atoms with Crippen molar-refractivity contribution in [1.29, 1.82) is 0 Å². The molecular formula is C8H12ClN3O. The van der Waals surface area contributed by atoms with Gasteiger partial charge in [-0.05, 0) is 11.8 Å². The highest BCUT2D eigenvalue weighted by Crippen LogP contribution is 2.19. The van der Waals surface area contributed by atoms with Crippen molar-refractivity contribution in [2.45, 2.75) is 19.5 Å². The van der Waals surface area contributed by atoms with Crippen molar-refractivity contribution in [2.75, 3.05) is 13.2 Å². The third kappa shape index (κ3) is 1.70. The SMILES string of the molecule is OCCn1ncc2c1CCN(Cl)C2. The van der Waals surface area contributed by atoms with Gasteiger partial charge in [-0.2, -0.15) is 5.10 Å². The van der Waals surface area contributed by atoms with Crippen molar-refractivity contribution in [3.8, 4) is 0 Å². The first kappa shape index (κ1) is 8.99. The van der Waals surface area contributed by atoms with Crippen LogP contribution in [0, 0.1) is 0 Å². The maximum atomic E-state index is 8.79. The van der Waals surface area contributed by atoms with Crippen LogP contribution in [0.25, 0.3) is 0 Å². The second-order valence-electron chi connectivity index (χ2n) is 3.16. The molecule has 1 aromatic rings. The Morgan fingerprint density at radius 3 is 3.23 bits per heavy atom. The fourth-order valence-corrected chi connectivity index (χ4v) is 1.86. The van der Waals surface area contributed by atoms with Crippen LogP contribution in [-0.2, 0) is 19.5 Å². The molecule has 1 aliphatic heterocycles. The fourth-order valence-electron chi connectivity index (χ4n) is 1.65. The predicted molar refractivity (Wildman–Crippen MR) is 49.3 cm³/mol. The van der Waals surface area contributed by atoms with Crippen LogP contribution in [0.4, 0.5) is 0 Å². The average Bonchev–Trinajstić information content (AvgIpc) is 2.49. The molecule has 0 fully saturated rings. The Morgan fingerprint density at radius 2 is 2.46 bits per heavy atom. The molecule has 1 aromatic heterocycles. The van der Waals surface area contributed by atoms with E-state index in [9.17, 15) is 0 Å². The topological polar surface area (TPSA) is 41.3 Å². The molecule has 0 radical (unpaired) electrons. The molecule has 1 aliphatic rings. The number of nitrogens with zero attached hydrogens (tertiary/aromatic N) is 3. The summed E-state index contributed by atoms with van der Waals surface area (Å²) in [5.41, 5.74) is 2.39. The minimum atomic E-state index is 0.138. The van der Waals surface area contributed by atoms with Crippen LogP contribution in [0.1, 0.15) is 11.3 Å². The van der Waals surface area contributed by atoms with Crippen LogP contribution in [0.3, 0.4) is 0 Å².